The van der Waals surface area contributed by atoms with Gasteiger partial charge < -0.3 is 31.7 Å². The molecule has 4 unspecified atom stereocenters. The molecule has 4 aliphatic rings. The largest absolute Gasteiger partial charge is 1.00 e. The number of unbranched alkanes of at least 4 members (excludes halogenated alkanes) is 7. The molecule has 0 saturated heterocycles. The first-order valence-corrected chi connectivity index (χ1v) is 21.8. The van der Waals surface area contributed by atoms with Gasteiger partial charge in [-0.15, -0.1) is 0 Å². The Morgan fingerprint density at radius 3 is 1.60 bits per heavy atom. The van der Waals surface area contributed by atoms with Crippen molar-refractivity contribution in [1.29, 1.82) is 0 Å². The van der Waals surface area contributed by atoms with Gasteiger partial charge in [-0.2, -0.15) is 0 Å². The van der Waals surface area contributed by atoms with Crippen molar-refractivity contribution < 1.29 is 45.5 Å². The molecule has 0 aromatic carbocycles. The number of carbonyl (C=O) groups excluding carboxylic acids is 1. The molecular weight excluding hydrogens is 694 g/mol. The summed E-state index contributed by atoms with van der Waals surface area (Å²) in [5, 5.41) is 41.1. The summed E-state index contributed by atoms with van der Waals surface area (Å²) in [5.41, 5.74) is 3.11. The number of amides is 1. The summed E-state index contributed by atoms with van der Waals surface area (Å²) in [6.45, 7) is 5.54. The first-order valence-electron chi connectivity index (χ1n) is 21.8. The Labute approximate surface area is 361 Å². The van der Waals surface area contributed by atoms with Gasteiger partial charge in [-0.25, -0.2) is 0 Å². The van der Waals surface area contributed by atoms with Crippen molar-refractivity contribution in [3.8, 4) is 0 Å². The minimum absolute atomic E-state index is 0. The molecule has 0 radical (unpaired) electrons. The number of rotatable bonds is 23. The van der Waals surface area contributed by atoms with E-state index in [0.29, 0.717) is 30.1 Å². The number of allylic oxidation sites excluding steroid dienone is 4. The molecule has 2 saturated carbocycles. The zero-order valence-electron chi connectivity index (χ0n) is 36.7. The van der Waals surface area contributed by atoms with E-state index in [9.17, 15) is 25.2 Å². The van der Waals surface area contributed by atoms with Crippen LogP contribution in [0.5, 0.6) is 0 Å². The zero-order valence-corrected chi connectivity index (χ0v) is 35.7. The monoisotopic (exact) mass is 779 g/mol. The van der Waals surface area contributed by atoms with Gasteiger partial charge in [0.15, 0.2) is 17.4 Å². The number of fused-ring (bicyclic) bond motifs is 2. The summed E-state index contributed by atoms with van der Waals surface area (Å²) in [6.07, 6.45) is 32.9. The van der Waals surface area contributed by atoms with E-state index in [1.54, 1.807) is 10.5 Å². The second-order valence-electron chi connectivity index (χ2n) is 17.5. The predicted octanol–water partition coefficient (Wildman–Crippen LogP) is 4.56. The van der Waals surface area contributed by atoms with Crippen molar-refractivity contribution in [1.82, 2.24) is 9.80 Å². The second-order valence-corrected chi connectivity index (χ2v) is 17.5. The van der Waals surface area contributed by atoms with E-state index < -0.39 is 0 Å². The number of hydrogen-bond acceptors (Lipinski definition) is 6. The number of aliphatic hydroxyl groups excluding tert-OH is 4. The summed E-state index contributed by atoms with van der Waals surface area (Å²) >= 11 is 0. The van der Waals surface area contributed by atoms with E-state index in [1.807, 2.05) is 26.2 Å². The molecule has 0 heterocycles. The molecule has 7 nitrogen and oxygen atoms in total. The molecule has 4 aliphatic carbocycles. The molecule has 4 N–H and O–H groups in total. The van der Waals surface area contributed by atoms with Crippen LogP contribution in [0.3, 0.4) is 0 Å². The molecule has 0 aromatic heterocycles. The van der Waals surface area contributed by atoms with Crippen molar-refractivity contribution in [3.63, 3.8) is 0 Å². The van der Waals surface area contributed by atoms with Crippen LogP contribution >= 0.6 is 0 Å². The van der Waals surface area contributed by atoms with Crippen LogP contribution < -0.4 is 18.9 Å². The van der Waals surface area contributed by atoms with Gasteiger partial charge in [-0.3, -0.25) is 4.79 Å². The molecular formula is C46H84AlLiN2O5. The van der Waals surface area contributed by atoms with Crippen LogP contribution in [0.15, 0.2) is 47.6 Å². The minimum Gasteiger partial charge on any atom is -1.00 e. The van der Waals surface area contributed by atoms with Gasteiger partial charge in [0.1, 0.15) is 0 Å². The third-order valence-corrected chi connectivity index (χ3v) is 12.5. The van der Waals surface area contributed by atoms with Crippen LogP contribution in [-0.2, 0) is 4.79 Å². The average Bonchev–Trinajstić information content (AvgIpc) is 3.84. The summed E-state index contributed by atoms with van der Waals surface area (Å²) in [5.74, 6) is 2.67. The minimum atomic E-state index is -0.383. The van der Waals surface area contributed by atoms with E-state index in [-0.39, 0.29) is 79.8 Å². The van der Waals surface area contributed by atoms with Crippen LogP contribution in [0.4, 0.5) is 0 Å². The molecule has 2 fully saturated rings. The third-order valence-electron chi connectivity index (χ3n) is 12.5. The Balaban J connectivity index is 0.00000103. The third kappa shape index (κ3) is 18.9. The standard InChI is InChI=1S/C23H39NO3.C23H41NO2.Al.Li.4H/c1-4-5-6-10-19(25)12-13-20-21-15-17(14-18(21)16-22(20)26)9-7-8-11-23(27)24(2)3;1-4-5-7-11-20(25)12-13-21-22-16-18(15-19(22)17-23(21)26)10-8-6-9-14-24(2)3;;;;;;/h12-14,18-22,25-26H,4-11,15-16H2,1-3H3;12-13,15,19-23,25-26H,4-11,14,16-17H2,1-3H3;;;;;;/q;;;+1;;;;-1/b2*13-12+;;;;;;/t18?,19-,20+,21-,22?;19?,20-,21+,22-,23?;;;;;;/m00....../s1. The number of carbonyl (C=O) groups is 1. The van der Waals surface area contributed by atoms with Crippen molar-refractivity contribution in [2.45, 2.75) is 167 Å². The maximum absolute atomic E-state index is 11.6. The van der Waals surface area contributed by atoms with E-state index in [4.69, 9.17) is 0 Å². The van der Waals surface area contributed by atoms with E-state index in [2.05, 4.69) is 57.1 Å². The molecule has 55 heavy (non-hydrogen) atoms. The molecule has 0 bridgehead atoms. The fraction of sp³-hybridized carbons (Fsp3) is 0.804. The predicted molar refractivity (Wildman–Crippen MR) is 231 cm³/mol. The number of nitrogens with zero attached hydrogens (tertiary/aromatic N) is 2. The summed E-state index contributed by atoms with van der Waals surface area (Å²) in [6, 6.07) is 0. The molecule has 0 aromatic rings. The number of hydrogen-bond donors (Lipinski definition) is 4. The summed E-state index contributed by atoms with van der Waals surface area (Å²) in [4.78, 5) is 15.6. The Hall–Kier alpha value is -0.640. The maximum Gasteiger partial charge on any atom is 1.00 e. The van der Waals surface area contributed by atoms with Gasteiger partial charge in [0, 0.05) is 32.4 Å². The van der Waals surface area contributed by atoms with Gasteiger partial charge in [-0.05, 0) is 121 Å². The van der Waals surface area contributed by atoms with Crippen molar-refractivity contribution in [2.24, 2.45) is 35.5 Å². The van der Waals surface area contributed by atoms with E-state index >= 15 is 0 Å². The van der Waals surface area contributed by atoms with Gasteiger partial charge in [0.25, 0.3) is 0 Å². The second kappa shape index (κ2) is 28.7. The Bertz CT molecular complexity index is 1180. The first kappa shape index (κ1) is 52.4. The van der Waals surface area contributed by atoms with Crippen molar-refractivity contribution in [3.05, 3.63) is 47.6 Å². The maximum atomic E-state index is 11.6. The molecule has 10 atom stereocenters. The topological polar surface area (TPSA) is 104 Å². The van der Waals surface area contributed by atoms with Crippen LogP contribution in [0, 0.1) is 35.5 Å². The Morgan fingerprint density at radius 2 is 1.18 bits per heavy atom. The zero-order chi connectivity index (χ0) is 38.8. The summed E-state index contributed by atoms with van der Waals surface area (Å²) < 4.78 is 0. The van der Waals surface area contributed by atoms with Crippen LogP contribution in [0.1, 0.15) is 144 Å². The molecule has 4 rings (SSSR count). The van der Waals surface area contributed by atoms with Crippen LogP contribution in [-0.4, -0.2) is 113 Å². The quantitative estimate of drug-likeness (QED) is 0.0690. The fourth-order valence-corrected chi connectivity index (χ4v) is 9.30. The van der Waals surface area contributed by atoms with Gasteiger partial charge in [0.2, 0.25) is 5.91 Å². The first-order chi connectivity index (χ1) is 25.4. The van der Waals surface area contributed by atoms with Crippen molar-refractivity contribution >= 4 is 23.3 Å². The normalized spacial score (nSPS) is 27.9. The van der Waals surface area contributed by atoms with Crippen LogP contribution in [0.25, 0.3) is 0 Å². The van der Waals surface area contributed by atoms with E-state index in [1.165, 1.54) is 57.1 Å². The Morgan fingerprint density at radius 1 is 0.727 bits per heavy atom. The molecule has 312 valence electrons. The SMILES string of the molecule is CCCCC[C@H](O)/C=C/[C@H]1C(O)CC2C=C(CCCCC(=O)N(C)C)C[C@@H]21.CCCCC[C@H](O)/C=C/[C@H]1C(O)CC2C=C(CCCCCN(C)C)C[C@@H]21.[AlH3].[H-].[Li+]. The smallest absolute Gasteiger partial charge is 1.00 e. The van der Waals surface area contributed by atoms with Crippen LogP contribution in [0.2, 0.25) is 0 Å². The van der Waals surface area contributed by atoms with Gasteiger partial charge >= 0.3 is 18.9 Å². The van der Waals surface area contributed by atoms with Gasteiger partial charge in [-0.1, -0.05) is 106 Å². The molecule has 9 heteroatoms. The Kier molecular flexibility index (Phi) is 27.4. The van der Waals surface area contributed by atoms with Gasteiger partial charge in [0.05, 0.1) is 24.4 Å². The molecule has 0 spiro atoms. The fourth-order valence-electron chi connectivity index (χ4n) is 9.30. The summed E-state index contributed by atoms with van der Waals surface area (Å²) in [7, 11) is 7.90. The number of aliphatic hydroxyl groups is 4. The average molecular weight is 779 g/mol. The van der Waals surface area contributed by atoms with Crippen molar-refractivity contribution in [2.75, 3.05) is 34.7 Å². The van der Waals surface area contributed by atoms with E-state index in [0.717, 1.165) is 77.0 Å². The molecule has 1 amide bonds. The molecule has 0 aliphatic heterocycles.